The molecule has 114 valence electrons. The Morgan fingerprint density at radius 3 is 1.40 bits per heavy atom. The fraction of sp³-hybridized carbons (Fsp3) is 0.500. The van der Waals surface area contributed by atoms with Crippen molar-refractivity contribution in [1.29, 1.82) is 0 Å². The van der Waals surface area contributed by atoms with Crippen LogP contribution in [-0.4, -0.2) is 23.1 Å². The molecule has 1 N–H and O–H groups in total. The van der Waals surface area contributed by atoms with Crippen LogP contribution in [0.1, 0.15) is 5.56 Å². The smallest absolute Gasteiger partial charge is 0.460 e. The first-order valence-corrected chi connectivity index (χ1v) is 4.33. The average Bonchev–Trinajstić information content (AvgIpc) is 2.26. The number of alkyl halides is 9. The van der Waals surface area contributed by atoms with E-state index in [0.717, 1.165) is 0 Å². The standard InChI is InChI=1S/C8HF9O3/c9-5(10,1-2(18)4(20)3(1)19)6(11,12)7(13,14)8(15,16)17/h18H. The van der Waals surface area contributed by atoms with Gasteiger partial charge >= 0.3 is 23.9 Å². The predicted octanol–water partition coefficient (Wildman–Crippen LogP) is 1.91. The molecule has 0 saturated heterocycles. The number of hydrogen-bond acceptors (Lipinski definition) is 3. The Labute approximate surface area is 101 Å². The maximum absolute atomic E-state index is 13.0. The summed E-state index contributed by atoms with van der Waals surface area (Å²) in [5.41, 5.74) is -7.34. The summed E-state index contributed by atoms with van der Waals surface area (Å²) in [4.78, 5) is 20.9. The summed E-state index contributed by atoms with van der Waals surface area (Å²) in [7, 11) is 0. The highest BCUT2D eigenvalue weighted by Crippen LogP contribution is 2.57. The molecule has 0 heterocycles. The van der Waals surface area contributed by atoms with Gasteiger partial charge in [0.15, 0.2) is 5.75 Å². The molecule has 3 nitrogen and oxygen atoms in total. The zero-order valence-electron chi connectivity index (χ0n) is 8.67. The van der Waals surface area contributed by atoms with Crippen LogP contribution in [-0.2, 0) is 5.92 Å². The van der Waals surface area contributed by atoms with E-state index in [1.165, 1.54) is 0 Å². The van der Waals surface area contributed by atoms with Gasteiger partial charge in [0, 0.05) is 0 Å². The third-order valence-electron chi connectivity index (χ3n) is 2.34. The summed E-state index contributed by atoms with van der Waals surface area (Å²) in [5, 5.41) is 8.48. The lowest BCUT2D eigenvalue weighted by atomic mass is 9.93. The zero-order valence-corrected chi connectivity index (χ0v) is 8.67. The van der Waals surface area contributed by atoms with Crippen LogP contribution in [0.5, 0.6) is 5.75 Å². The van der Waals surface area contributed by atoms with Crippen LogP contribution in [0.4, 0.5) is 39.5 Å². The largest absolute Gasteiger partial charge is 0.504 e. The van der Waals surface area contributed by atoms with Gasteiger partial charge in [-0.2, -0.15) is 39.5 Å². The van der Waals surface area contributed by atoms with Gasteiger partial charge in [0.1, 0.15) is 5.56 Å². The second kappa shape index (κ2) is 3.88. The normalized spacial score (nSPS) is 14.8. The molecule has 20 heavy (non-hydrogen) atoms. The van der Waals surface area contributed by atoms with Crippen LogP contribution < -0.4 is 10.9 Å². The van der Waals surface area contributed by atoms with Gasteiger partial charge in [0.25, 0.3) is 5.43 Å². The Kier molecular flexibility index (Phi) is 3.17. The highest BCUT2D eigenvalue weighted by molar-refractivity contribution is 5.43. The van der Waals surface area contributed by atoms with Crippen LogP contribution >= 0.6 is 0 Å². The van der Waals surface area contributed by atoms with Crippen molar-refractivity contribution >= 4 is 0 Å². The first-order valence-electron chi connectivity index (χ1n) is 4.33. The summed E-state index contributed by atoms with van der Waals surface area (Å²) in [6.45, 7) is 0. The van der Waals surface area contributed by atoms with Crippen molar-refractivity contribution < 1.29 is 44.6 Å². The topological polar surface area (TPSA) is 54.4 Å². The molecule has 0 aliphatic heterocycles. The molecule has 0 bridgehead atoms. The SMILES string of the molecule is O=c1c(O)c(C(F)(F)C(F)(F)C(F)(F)C(F)(F)F)c1=O. The zero-order chi connectivity index (χ0) is 16.3. The molecule has 1 aromatic carbocycles. The molecule has 0 atom stereocenters. The summed E-state index contributed by atoms with van der Waals surface area (Å²) >= 11 is 0. The number of hydrogen-bond donors (Lipinski definition) is 1. The maximum atomic E-state index is 13.0. The Morgan fingerprint density at radius 2 is 1.10 bits per heavy atom. The van der Waals surface area contributed by atoms with E-state index in [1.807, 2.05) is 0 Å². The van der Waals surface area contributed by atoms with Crippen molar-refractivity contribution in [2.75, 3.05) is 0 Å². The van der Waals surface area contributed by atoms with E-state index in [4.69, 9.17) is 5.11 Å². The van der Waals surface area contributed by atoms with Crippen LogP contribution in [0.25, 0.3) is 0 Å². The molecule has 0 aliphatic rings. The molecule has 0 amide bonds. The summed E-state index contributed by atoms with van der Waals surface area (Å²) < 4.78 is 112. The van der Waals surface area contributed by atoms with Crippen LogP contribution in [0.3, 0.4) is 0 Å². The fourth-order valence-corrected chi connectivity index (χ4v) is 1.20. The molecule has 1 aromatic rings. The molecule has 0 spiro atoms. The van der Waals surface area contributed by atoms with Gasteiger partial charge in [-0.25, -0.2) is 0 Å². The third-order valence-corrected chi connectivity index (χ3v) is 2.34. The second-order valence-electron chi connectivity index (χ2n) is 3.60. The minimum atomic E-state index is -7.20. The molecule has 12 heteroatoms. The highest BCUT2D eigenvalue weighted by Gasteiger charge is 2.83. The van der Waals surface area contributed by atoms with E-state index in [2.05, 4.69) is 0 Å². The lowest BCUT2D eigenvalue weighted by molar-refractivity contribution is -0.400. The summed E-state index contributed by atoms with van der Waals surface area (Å²) in [5.74, 6) is -23.0. The molecular formula is C8HF9O3. The van der Waals surface area contributed by atoms with Gasteiger partial charge in [-0.3, -0.25) is 9.59 Å². The van der Waals surface area contributed by atoms with Gasteiger partial charge < -0.3 is 5.11 Å². The number of halogens is 9. The lowest BCUT2D eigenvalue weighted by Gasteiger charge is -2.33. The molecule has 1 rings (SSSR count). The van der Waals surface area contributed by atoms with Gasteiger partial charge in [-0.05, 0) is 0 Å². The van der Waals surface area contributed by atoms with Gasteiger partial charge in [-0.15, -0.1) is 0 Å². The Bertz CT molecular complexity index is 605. The number of rotatable bonds is 3. The molecule has 0 radical (unpaired) electrons. The monoisotopic (exact) mass is 316 g/mol. The van der Waals surface area contributed by atoms with Crippen LogP contribution in [0.15, 0.2) is 9.59 Å². The van der Waals surface area contributed by atoms with E-state index in [9.17, 15) is 49.1 Å². The quantitative estimate of drug-likeness (QED) is 0.685. The molecule has 0 fully saturated rings. The maximum Gasteiger partial charge on any atom is 0.460 e. The van der Waals surface area contributed by atoms with Gasteiger partial charge in [0.2, 0.25) is 5.43 Å². The Morgan fingerprint density at radius 1 is 0.700 bits per heavy atom. The van der Waals surface area contributed by atoms with Crippen molar-refractivity contribution in [1.82, 2.24) is 0 Å². The van der Waals surface area contributed by atoms with E-state index in [0.29, 0.717) is 0 Å². The third kappa shape index (κ3) is 1.69. The molecule has 0 aliphatic carbocycles. The molecule has 0 saturated carbocycles. The van der Waals surface area contributed by atoms with E-state index < -0.39 is 46.1 Å². The first kappa shape index (κ1) is 16.3. The van der Waals surface area contributed by atoms with E-state index in [-0.39, 0.29) is 0 Å². The highest BCUT2D eigenvalue weighted by atomic mass is 19.4. The molecule has 0 aromatic heterocycles. The first-order chi connectivity index (χ1) is 8.60. The number of aromatic hydroxyl groups is 1. The van der Waals surface area contributed by atoms with Crippen molar-refractivity contribution in [2.24, 2.45) is 0 Å². The van der Waals surface area contributed by atoms with Gasteiger partial charge in [0.05, 0.1) is 0 Å². The lowest BCUT2D eigenvalue weighted by Crippen LogP contribution is -2.61. The van der Waals surface area contributed by atoms with Crippen molar-refractivity contribution in [3.05, 3.63) is 26.0 Å². The second-order valence-corrected chi connectivity index (χ2v) is 3.60. The Hall–Kier alpha value is -1.75. The predicted molar refractivity (Wildman–Crippen MR) is 42.9 cm³/mol. The van der Waals surface area contributed by atoms with Crippen LogP contribution in [0, 0.1) is 0 Å². The van der Waals surface area contributed by atoms with Crippen LogP contribution in [0.2, 0.25) is 0 Å². The van der Waals surface area contributed by atoms with Crippen molar-refractivity contribution in [2.45, 2.75) is 23.9 Å². The fourth-order valence-electron chi connectivity index (χ4n) is 1.20. The minimum absolute atomic E-state index is 2.09. The molecular weight excluding hydrogens is 315 g/mol. The summed E-state index contributed by atoms with van der Waals surface area (Å²) in [6, 6.07) is 0. The summed E-state index contributed by atoms with van der Waals surface area (Å²) in [6.07, 6.45) is -7.05. The molecule has 0 unspecified atom stereocenters. The van der Waals surface area contributed by atoms with Gasteiger partial charge in [-0.1, -0.05) is 0 Å². The average molecular weight is 316 g/mol. The van der Waals surface area contributed by atoms with Crippen molar-refractivity contribution in [3.8, 4) is 5.75 Å². The van der Waals surface area contributed by atoms with E-state index in [1.54, 1.807) is 0 Å². The Balaban J connectivity index is 3.49. The van der Waals surface area contributed by atoms with Crippen molar-refractivity contribution in [3.63, 3.8) is 0 Å². The minimum Gasteiger partial charge on any atom is -0.504 e. The van der Waals surface area contributed by atoms with E-state index >= 15 is 0 Å².